The SMILES string of the molecule is Cc1ccc(N=C2S/C(=C3\Sc4ccc(Cl)cc4N3C)C(=O)N2CCc2ccccc2)cc1. The molecule has 5 rings (SSSR count). The van der Waals surface area contributed by atoms with Crippen LogP contribution in [0.15, 0.2) is 92.6 Å². The average molecular weight is 492 g/mol. The highest BCUT2D eigenvalue weighted by Crippen LogP contribution is 2.50. The molecule has 7 heteroatoms. The second kappa shape index (κ2) is 9.29. The van der Waals surface area contributed by atoms with Crippen molar-refractivity contribution in [3.63, 3.8) is 0 Å². The fourth-order valence-electron chi connectivity index (χ4n) is 3.75. The first-order valence-corrected chi connectivity index (χ1v) is 12.6. The quantitative estimate of drug-likeness (QED) is 0.373. The van der Waals surface area contributed by atoms with Gasteiger partial charge in [-0.3, -0.25) is 9.69 Å². The van der Waals surface area contributed by atoms with Gasteiger partial charge in [0, 0.05) is 23.5 Å². The highest BCUT2D eigenvalue weighted by molar-refractivity contribution is 8.19. The van der Waals surface area contributed by atoms with E-state index in [1.54, 1.807) is 11.8 Å². The number of fused-ring (bicyclic) bond motifs is 1. The van der Waals surface area contributed by atoms with Crippen LogP contribution in [0.25, 0.3) is 0 Å². The normalized spacial score (nSPS) is 19.0. The van der Waals surface area contributed by atoms with Crippen LogP contribution in [-0.4, -0.2) is 29.6 Å². The highest BCUT2D eigenvalue weighted by Gasteiger charge is 2.39. The zero-order valence-electron chi connectivity index (χ0n) is 18.3. The molecule has 2 aliphatic rings. The monoisotopic (exact) mass is 491 g/mol. The van der Waals surface area contributed by atoms with Crippen molar-refractivity contribution < 1.29 is 4.79 Å². The lowest BCUT2D eigenvalue weighted by Gasteiger charge is -2.17. The van der Waals surface area contributed by atoms with E-state index in [1.165, 1.54) is 22.9 Å². The number of hydrogen-bond donors (Lipinski definition) is 0. The number of anilines is 1. The third kappa shape index (κ3) is 4.56. The van der Waals surface area contributed by atoms with Gasteiger partial charge in [0.05, 0.1) is 16.4 Å². The maximum atomic E-state index is 13.6. The number of amidine groups is 1. The van der Waals surface area contributed by atoms with Crippen molar-refractivity contribution in [3.05, 3.63) is 98.9 Å². The number of thioether (sulfide) groups is 2. The highest BCUT2D eigenvalue weighted by atomic mass is 35.5. The molecule has 0 radical (unpaired) electrons. The fraction of sp³-hybridized carbons (Fsp3) is 0.154. The molecule has 0 aliphatic carbocycles. The van der Waals surface area contributed by atoms with Crippen LogP contribution in [0.3, 0.4) is 0 Å². The van der Waals surface area contributed by atoms with E-state index in [9.17, 15) is 4.79 Å². The largest absolute Gasteiger partial charge is 0.337 e. The van der Waals surface area contributed by atoms with Crippen molar-refractivity contribution in [2.75, 3.05) is 18.5 Å². The van der Waals surface area contributed by atoms with Gasteiger partial charge in [0.25, 0.3) is 5.91 Å². The molecule has 0 spiro atoms. The van der Waals surface area contributed by atoms with Crippen LogP contribution in [0.4, 0.5) is 11.4 Å². The van der Waals surface area contributed by atoms with E-state index in [2.05, 4.69) is 24.0 Å². The molecule has 1 saturated heterocycles. The number of benzene rings is 3. The Morgan fingerprint density at radius 2 is 1.73 bits per heavy atom. The smallest absolute Gasteiger partial charge is 0.269 e. The van der Waals surface area contributed by atoms with Crippen molar-refractivity contribution in [1.29, 1.82) is 0 Å². The van der Waals surface area contributed by atoms with E-state index in [0.717, 1.165) is 27.7 Å². The van der Waals surface area contributed by atoms with Gasteiger partial charge in [-0.25, -0.2) is 4.99 Å². The van der Waals surface area contributed by atoms with E-state index in [-0.39, 0.29) is 5.91 Å². The minimum Gasteiger partial charge on any atom is -0.337 e. The Kier molecular flexibility index (Phi) is 6.23. The third-order valence-corrected chi connectivity index (χ3v) is 8.24. The van der Waals surface area contributed by atoms with Gasteiger partial charge >= 0.3 is 0 Å². The van der Waals surface area contributed by atoms with Crippen molar-refractivity contribution in [2.24, 2.45) is 4.99 Å². The summed E-state index contributed by atoms with van der Waals surface area (Å²) >= 11 is 9.27. The van der Waals surface area contributed by atoms with Crippen molar-refractivity contribution in [1.82, 2.24) is 4.90 Å². The van der Waals surface area contributed by atoms with Crippen LogP contribution in [0.5, 0.6) is 0 Å². The van der Waals surface area contributed by atoms with Gasteiger partial charge < -0.3 is 4.90 Å². The minimum absolute atomic E-state index is 0.00459. The number of hydrogen-bond acceptors (Lipinski definition) is 5. The van der Waals surface area contributed by atoms with Gasteiger partial charge in [-0.1, -0.05) is 71.4 Å². The van der Waals surface area contributed by atoms with Crippen molar-refractivity contribution in [2.45, 2.75) is 18.2 Å². The van der Waals surface area contributed by atoms with E-state index in [0.29, 0.717) is 21.6 Å². The fourth-order valence-corrected chi connectivity index (χ4v) is 6.27. The third-order valence-electron chi connectivity index (χ3n) is 5.58. The van der Waals surface area contributed by atoms with Gasteiger partial charge in [-0.2, -0.15) is 0 Å². The van der Waals surface area contributed by atoms with Crippen LogP contribution < -0.4 is 4.90 Å². The molecule has 0 aromatic heterocycles. The summed E-state index contributed by atoms with van der Waals surface area (Å²) < 4.78 is 0. The Morgan fingerprint density at radius 1 is 0.970 bits per heavy atom. The first-order chi connectivity index (χ1) is 16.0. The van der Waals surface area contributed by atoms with Gasteiger partial charge in [-0.05, 0) is 61.0 Å². The van der Waals surface area contributed by atoms with Crippen LogP contribution in [0, 0.1) is 6.92 Å². The predicted molar refractivity (Wildman–Crippen MR) is 140 cm³/mol. The van der Waals surface area contributed by atoms with Crippen molar-refractivity contribution in [3.8, 4) is 0 Å². The average Bonchev–Trinajstić information content (AvgIpc) is 3.30. The Labute approximate surface area is 207 Å². The summed E-state index contributed by atoms with van der Waals surface area (Å²) in [5.41, 5.74) is 4.23. The summed E-state index contributed by atoms with van der Waals surface area (Å²) in [7, 11) is 1.98. The Morgan fingerprint density at radius 3 is 2.48 bits per heavy atom. The number of amides is 1. The molecule has 1 fully saturated rings. The van der Waals surface area contributed by atoms with Gasteiger partial charge in [0.1, 0.15) is 4.91 Å². The topological polar surface area (TPSA) is 35.9 Å². The molecule has 0 unspecified atom stereocenters. The maximum absolute atomic E-state index is 13.6. The standard InChI is InChI=1S/C26H22ClN3OS2/c1-17-8-11-20(12-9-17)28-26-30(15-14-18-6-4-3-5-7-18)24(31)23(33-26)25-29(2)21-16-19(27)10-13-22(21)32-25/h3-13,16H,14-15H2,1-2H3/b25-23-,28-26?. The maximum Gasteiger partial charge on any atom is 0.269 e. The molecule has 0 saturated carbocycles. The Balaban J connectivity index is 1.50. The summed E-state index contributed by atoms with van der Waals surface area (Å²) in [6, 6.07) is 24.1. The Bertz CT molecular complexity index is 1270. The first-order valence-electron chi connectivity index (χ1n) is 10.6. The van der Waals surface area contributed by atoms with Gasteiger partial charge in [-0.15, -0.1) is 0 Å². The van der Waals surface area contributed by atoms with Crippen LogP contribution in [-0.2, 0) is 11.2 Å². The summed E-state index contributed by atoms with van der Waals surface area (Å²) in [6.45, 7) is 2.63. The van der Waals surface area contributed by atoms with E-state index in [1.807, 2.05) is 72.6 Å². The predicted octanol–water partition coefficient (Wildman–Crippen LogP) is 6.87. The molecule has 1 amide bonds. The lowest BCUT2D eigenvalue weighted by Crippen LogP contribution is -2.31. The van der Waals surface area contributed by atoms with E-state index < -0.39 is 0 Å². The molecule has 4 nitrogen and oxygen atoms in total. The van der Waals surface area contributed by atoms with Crippen LogP contribution in [0.2, 0.25) is 5.02 Å². The number of aliphatic imine (C=N–C) groups is 1. The first kappa shape index (κ1) is 22.1. The van der Waals surface area contributed by atoms with E-state index in [4.69, 9.17) is 16.6 Å². The number of nitrogens with zero attached hydrogens (tertiary/aromatic N) is 3. The van der Waals surface area contributed by atoms with Crippen molar-refractivity contribution >= 4 is 57.6 Å². The molecule has 0 atom stereocenters. The molecule has 33 heavy (non-hydrogen) atoms. The molecule has 0 bridgehead atoms. The zero-order valence-corrected chi connectivity index (χ0v) is 20.7. The molecule has 3 aromatic rings. The van der Waals surface area contributed by atoms with Gasteiger partial charge in [0.2, 0.25) is 0 Å². The van der Waals surface area contributed by atoms with E-state index >= 15 is 0 Å². The second-order valence-corrected chi connectivity index (χ2v) is 10.4. The molecular weight excluding hydrogens is 470 g/mol. The molecule has 166 valence electrons. The number of carbonyl (C=O) groups excluding carboxylic acids is 1. The summed E-state index contributed by atoms with van der Waals surface area (Å²) in [5.74, 6) is -0.00459. The van der Waals surface area contributed by atoms with Gasteiger partial charge in [0.15, 0.2) is 5.17 Å². The molecular formula is C26H22ClN3OS2. The number of carbonyl (C=O) groups is 1. The second-order valence-electron chi connectivity index (χ2n) is 7.93. The molecule has 0 N–H and O–H groups in total. The van der Waals surface area contributed by atoms with Crippen LogP contribution in [0.1, 0.15) is 11.1 Å². The summed E-state index contributed by atoms with van der Waals surface area (Å²) in [5, 5.41) is 2.32. The minimum atomic E-state index is -0.00459. The molecule has 3 aromatic carbocycles. The lowest BCUT2D eigenvalue weighted by molar-refractivity contribution is -0.122. The summed E-state index contributed by atoms with van der Waals surface area (Å²) in [4.78, 5) is 24.1. The van der Waals surface area contributed by atoms with Crippen LogP contribution >= 0.6 is 35.1 Å². The molecule has 2 aliphatic heterocycles. The number of rotatable bonds is 4. The summed E-state index contributed by atoms with van der Waals surface area (Å²) in [6.07, 6.45) is 0.765. The zero-order chi connectivity index (χ0) is 22.9. The lowest BCUT2D eigenvalue weighted by atomic mass is 10.1. The number of halogens is 1. The Hall–Kier alpha value is -2.67. The molecule has 2 heterocycles. The number of aryl methyl sites for hydroxylation is 1.